The molecule has 12 heteroatoms. The highest BCUT2D eigenvalue weighted by molar-refractivity contribution is 7.87. The monoisotopic (exact) mass is 684 g/mol. The zero-order chi connectivity index (χ0) is 33.9. The number of nitrogens with zero attached hydrogens (tertiary/aromatic N) is 1. The molecule has 9 nitrogen and oxygen atoms in total. The Balaban J connectivity index is 1.13. The molecule has 3 atom stereocenters. The number of carbonyl (C=O) groups excluding carboxylic acids is 2. The highest BCUT2D eigenvalue weighted by atomic mass is 32.2. The number of alkyl halides is 1. The minimum Gasteiger partial charge on any atom is -0.490 e. The molecule has 260 valence electrons. The zero-order valence-electron chi connectivity index (χ0n) is 27.7. The average molecular weight is 685 g/mol. The first kappa shape index (κ1) is 33.4. The van der Waals surface area contributed by atoms with Crippen LogP contribution in [0.15, 0.2) is 36.4 Å². The Morgan fingerprint density at radius 1 is 1.02 bits per heavy atom. The lowest BCUT2D eigenvalue weighted by Gasteiger charge is -2.38. The minimum absolute atomic E-state index is 0.0384. The summed E-state index contributed by atoms with van der Waals surface area (Å²) < 4.78 is 66.7. The third-order valence-electron chi connectivity index (χ3n) is 11.6. The molecule has 2 aromatic rings. The third kappa shape index (κ3) is 6.13. The van der Waals surface area contributed by atoms with E-state index in [1.165, 1.54) is 10.4 Å². The second kappa shape index (κ2) is 12.4. The van der Waals surface area contributed by atoms with Gasteiger partial charge in [0.1, 0.15) is 17.7 Å². The number of nitrogens with one attached hydrogen (secondary N) is 3. The highest BCUT2D eigenvalue weighted by Gasteiger charge is 2.55. The maximum atomic E-state index is 15.7. The van der Waals surface area contributed by atoms with E-state index in [9.17, 15) is 18.0 Å². The molecule has 2 saturated heterocycles. The van der Waals surface area contributed by atoms with E-state index in [-0.39, 0.29) is 42.4 Å². The largest absolute Gasteiger partial charge is 0.490 e. The van der Waals surface area contributed by atoms with Gasteiger partial charge < -0.3 is 15.4 Å². The van der Waals surface area contributed by atoms with Gasteiger partial charge in [0, 0.05) is 49.6 Å². The van der Waals surface area contributed by atoms with Crippen molar-refractivity contribution in [3.63, 3.8) is 0 Å². The van der Waals surface area contributed by atoms with Gasteiger partial charge in [0.15, 0.2) is 0 Å². The van der Waals surface area contributed by atoms with Crippen LogP contribution in [0.2, 0.25) is 0 Å². The summed E-state index contributed by atoms with van der Waals surface area (Å²) in [6.07, 6.45) is 8.12. The lowest BCUT2D eigenvalue weighted by molar-refractivity contribution is -0.133. The summed E-state index contributed by atoms with van der Waals surface area (Å²) >= 11 is 0. The maximum Gasteiger partial charge on any atom is 0.303 e. The van der Waals surface area contributed by atoms with Crippen LogP contribution in [-0.2, 0) is 25.2 Å². The molecule has 5 fully saturated rings. The van der Waals surface area contributed by atoms with Crippen LogP contribution < -0.4 is 20.1 Å². The molecule has 2 aliphatic heterocycles. The van der Waals surface area contributed by atoms with Crippen LogP contribution in [0.25, 0.3) is 11.1 Å². The standard InChI is InChI=1S/C36H46F2N4O5S/c1-34(2,32(43)41-48(45,46)42-17-6-18-42)24-11-14-30(28(19-24)27-9-4-10-29(37)31(27)23-7-3-8-23)47-26-13-12-25(20-26)40-33(44)36(38)21-35(39-22-36)15-5-16-35/h4,9-11,14,19,23,25-26,39H,3,5-8,12-13,15-18,20-22H2,1-2H3,(H,40,44)(H,41,43)/t25-,26-,36+/m1/s1. The first-order valence-corrected chi connectivity index (χ1v) is 18.9. The van der Waals surface area contributed by atoms with E-state index in [1.54, 1.807) is 32.0 Å². The Hall–Kier alpha value is -3.09. The van der Waals surface area contributed by atoms with Crippen LogP contribution in [0.4, 0.5) is 8.78 Å². The highest BCUT2D eigenvalue weighted by Crippen LogP contribution is 2.47. The van der Waals surface area contributed by atoms with Crippen molar-refractivity contribution < 1.29 is 31.5 Å². The van der Waals surface area contributed by atoms with E-state index >= 15 is 8.78 Å². The van der Waals surface area contributed by atoms with Crippen molar-refractivity contribution in [3.8, 4) is 16.9 Å². The summed E-state index contributed by atoms with van der Waals surface area (Å²) in [5.74, 6) is -0.927. The molecule has 2 amide bonds. The molecule has 3 saturated carbocycles. The lowest BCUT2D eigenvalue weighted by atomic mass is 9.74. The number of carbonyl (C=O) groups is 2. The Labute approximate surface area is 281 Å². The summed E-state index contributed by atoms with van der Waals surface area (Å²) in [4.78, 5) is 26.5. The van der Waals surface area contributed by atoms with Gasteiger partial charge in [-0.3, -0.25) is 9.59 Å². The Morgan fingerprint density at radius 2 is 1.79 bits per heavy atom. The fourth-order valence-corrected chi connectivity index (χ4v) is 9.22. The fourth-order valence-electron chi connectivity index (χ4n) is 7.86. The number of hydrogen-bond donors (Lipinski definition) is 3. The van der Waals surface area contributed by atoms with Gasteiger partial charge in [-0.25, -0.2) is 13.5 Å². The molecule has 0 unspecified atom stereocenters. The van der Waals surface area contributed by atoms with Gasteiger partial charge in [-0.15, -0.1) is 0 Å². The Morgan fingerprint density at radius 3 is 2.42 bits per heavy atom. The molecule has 1 spiro atoms. The number of rotatable bonds is 10. The predicted molar refractivity (Wildman–Crippen MR) is 178 cm³/mol. The molecule has 3 aliphatic carbocycles. The summed E-state index contributed by atoms with van der Waals surface area (Å²) in [7, 11) is -3.94. The van der Waals surface area contributed by atoms with Crippen molar-refractivity contribution in [1.29, 1.82) is 0 Å². The molecule has 0 bridgehead atoms. The molecular weight excluding hydrogens is 638 g/mol. The second-order valence-corrected chi connectivity index (χ2v) is 16.9. The predicted octanol–water partition coefficient (Wildman–Crippen LogP) is 5.14. The lowest BCUT2D eigenvalue weighted by Crippen LogP contribution is -2.53. The van der Waals surface area contributed by atoms with Crippen molar-refractivity contribution in [2.45, 2.75) is 119 Å². The Bertz CT molecular complexity index is 1710. The van der Waals surface area contributed by atoms with Crippen LogP contribution in [0, 0.1) is 5.82 Å². The summed E-state index contributed by atoms with van der Waals surface area (Å²) in [5.41, 5.74) is -0.904. The Kier molecular flexibility index (Phi) is 8.60. The van der Waals surface area contributed by atoms with Crippen molar-refractivity contribution in [2.24, 2.45) is 0 Å². The van der Waals surface area contributed by atoms with Crippen molar-refractivity contribution >= 4 is 22.0 Å². The number of hydrogen-bond acceptors (Lipinski definition) is 6. The van der Waals surface area contributed by atoms with Gasteiger partial charge in [0.25, 0.3) is 5.91 Å². The molecule has 0 radical (unpaired) electrons. The van der Waals surface area contributed by atoms with Gasteiger partial charge in [0.05, 0.1) is 5.41 Å². The molecule has 3 N–H and O–H groups in total. The van der Waals surface area contributed by atoms with Crippen LogP contribution in [0.1, 0.15) is 102 Å². The number of halogens is 2. The average Bonchev–Trinajstić information content (AvgIpc) is 3.56. The van der Waals surface area contributed by atoms with Crippen molar-refractivity contribution in [1.82, 2.24) is 19.7 Å². The van der Waals surface area contributed by atoms with Gasteiger partial charge >= 0.3 is 10.2 Å². The van der Waals surface area contributed by atoms with Crippen LogP contribution in [0.3, 0.4) is 0 Å². The SMILES string of the molecule is CC(C)(C(=O)NS(=O)(=O)N1CCC1)c1ccc(O[C@@H]2CC[C@@H](NC(=O)[C@@]3(F)CNC4(CCC4)C3)C2)c(-c2cccc(F)c2C2CCC2)c1. The summed E-state index contributed by atoms with van der Waals surface area (Å²) in [6, 6.07) is 10.1. The van der Waals surface area contributed by atoms with Gasteiger partial charge in [0.2, 0.25) is 11.6 Å². The van der Waals surface area contributed by atoms with Crippen molar-refractivity contribution in [2.75, 3.05) is 19.6 Å². The smallest absolute Gasteiger partial charge is 0.303 e. The normalized spacial score (nSPS) is 27.2. The van der Waals surface area contributed by atoms with Gasteiger partial charge in [-0.1, -0.05) is 24.6 Å². The van der Waals surface area contributed by atoms with Gasteiger partial charge in [-0.2, -0.15) is 12.7 Å². The van der Waals surface area contributed by atoms with Crippen LogP contribution in [-0.4, -0.2) is 67.5 Å². The molecule has 0 aromatic heterocycles. The van der Waals surface area contributed by atoms with E-state index in [0.29, 0.717) is 60.4 Å². The van der Waals surface area contributed by atoms with Gasteiger partial charge in [-0.05, 0) is 106 Å². The van der Waals surface area contributed by atoms with E-state index in [4.69, 9.17) is 4.74 Å². The second-order valence-electron chi connectivity index (χ2n) is 15.2. The fraction of sp³-hybridized carbons (Fsp3) is 0.611. The van der Waals surface area contributed by atoms with Crippen LogP contribution >= 0.6 is 0 Å². The van der Waals surface area contributed by atoms with Crippen LogP contribution in [0.5, 0.6) is 5.75 Å². The summed E-state index contributed by atoms with van der Waals surface area (Å²) in [6.45, 7) is 4.12. The molecule has 7 rings (SSSR count). The number of ether oxygens (including phenoxy) is 1. The van der Waals surface area contributed by atoms with Crippen molar-refractivity contribution in [3.05, 3.63) is 53.3 Å². The molecule has 2 heterocycles. The number of amides is 2. The van der Waals surface area contributed by atoms with E-state index in [1.807, 2.05) is 12.1 Å². The summed E-state index contributed by atoms with van der Waals surface area (Å²) in [5, 5.41) is 6.20. The van der Waals surface area contributed by atoms with E-state index in [0.717, 1.165) is 44.9 Å². The molecule has 48 heavy (non-hydrogen) atoms. The van der Waals surface area contributed by atoms with E-state index in [2.05, 4.69) is 15.4 Å². The molecule has 5 aliphatic rings. The third-order valence-corrected chi connectivity index (χ3v) is 13.1. The quantitative estimate of drug-likeness (QED) is 0.319. The van der Waals surface area contributed by atoms with E-state index < -0.39 is 33.1 Å². The number of benzene rings is 2. The topological polar surface area (TPSA) is 117 Å². The molecule has 2 aromatic carbocycles. The first-order valence-electron chi connectivity index (χ1n) is 17.5. The first-order chi connectivity index (χ1) is 22.8. The molecular formula is C36H46F2N4O5S. The maximum absolute atomic E-state index is 15.7. The zero-order valence-corrected chi connectivity index (χ0v) is 28.6. The minimum atomic E-state index is -3.94.